The number of methoxy groups -OCH3 is 1. The topological polar surface area (TPSA) is 62.6 Å². The fourth-order valence-corrected chi connectivity index (χ4v) is 6.32. The van der Waals surface area contributed by atoms with Crippen LogP contribution in [0.1, 0.15) is 24.2 Å². The molecule has 8 nitrogen and oxygen atoms in total. The third kappa shape index (κ3) is 3.98. The maximum atomic E-state index is 14.8. The van der Waals surface area contributed by atoms with Crippen molar-refractivity contribution in [2.75, 3.05) is 49.6 Å². The van der Waals surface area contributed by atoms with Crippen LogP contribution in [0.3, 0.4) is 0 Å². The summed E-state index contributed by atoms with van der Waals surface area (Å²) in [4.78, 5) is 10.3. The van der Waals surface area contributed by atoms with Crippen molar-refractivity contribution in [3.63, 3.8) is 0 Å². The van der Waals surface area contributed by atoms with Gasteiger partial charge in [0.25, 0.3) is 5.92 Å². The first kappa shape index (κ1) is 24.0. The summed E-state index contributed by atoms with van der Waals surface area (Å²) < 4.78 is 50.4. The van der Waals surface area contributed by atoms with Crippen LogP contribution in [0.4, 0.5) is 24.9 Å². The van der Waals surface area contributed by atoms with Crippen LogP contribution in [0.15, 0.2) is 30.5 Å². The Morgan fingerprint density at radius 1 is 1.08 bits per heavy atom. The zero-order chi connectivity index (χ0) is 26.2. The quantitative estimate of drug-likeness (QED) is 0.461. The van der Waals surface area contributed by atoms with Gasteiger partial charge in [-0.05, 0) is 36.6 Å². The molecule has 5 heterocycles. The molecule has 1 spiro atoms. The molecular formula is C26H27ClF3N7O. The summed E-state index contributed by atoms with van der Waals surface area (Å²) >= 11 is 6.31. The monoisotopic (exact) mass is 545 g/mol. The number of anilines is 2. The number of halogens is 4. The molecule has 2 aromatic heterocycles. The summed E-state index contributed by atoms with van der Waals surface area (Å²) in [5.74, 6) is -1.26. The number of hydrogen-bond donors (Lipinski definition) is 0. The fraction of sp³-hybridized carbons (Fsp3) is 0.500. The van der Waals surface area contributed by atoms with E-state index in [-0.39, 0.29) is 18.5 Å². The largest absolute Gasteiger partial charge is 0.493 e. The van der Waals surface area contributed by atoms with Crippen molar-refractivity contribution in [1.82, 2.24) is 24.6 Å². The van der Waals surface area contributed by atoms with Gasteiger partial charge in [0.15, 0.2) is 17.4 Å². The predicted molar refractivity (Wildman–Crippen MR) is 136 cm³/mol. The molecule has 4 aliphatic rings. The summed E-state index contributed by atoms with van der Waals surface area (Å²) in [6.45, 7) is 3.44. The van der Waals surface area contributed by atoms with Gasteiger partial charge in [0, 0.05) is 55.1 Å². The molecule has 1 aliphatic carbocycles. The van der Waals surface area contributed by atoms with Gasteiger partial charge < -0.3 is 14.5 Å². The molecule has 1 saturated carbocycles. The van der Waals surface area contributed by atoms with Gasteiger partial charge in [-0.1, -0.05) is 11.6 Å². The predicted octanol–water partition coefficient (Wildman–Crippen LogP) is 4.15. The van der Waals surface area contributed by atoms with Crippen LogP contribution >= 0.6 is 11.6 Å². The molecule has 0 N–H and O–H groups in total. The zero-order valence-electron chi connectivity index (χ0n) is 20.9. The summed E-state index contributed by atoms with van der Waals surface area (Å²) in [7, 11) is 1.51. The third-order valence-corrected chi connectivity index (χ3v) is 8.31. The average Bonchev–Trinajstić information content (AvgIpc) is 3.63. The van der Waals surface area contributed by atoms with Gasteiger partial charge in [-0.25, -0.2) is 18.2 Å². The van der Waals surface area contributed by atoms with Gasteiger partial charge in [-0.2, -0.15) is 0 Å². The van der Waals surface area contributed by atoms with E-state index in [4.69, 9.17) is 16.3 Å². The average molecular weight is 546 g/mol. The van der Waals surface area contributed by atoms with E-state index in [0.29, 0.717) is 47.7 Å². The van der Waals surface area contributed by atoms with Crippen molar-refractivity contribution in [3.8, 4) is 11.4 Å². The Balaban J connectivity index is 1.12. The molecule has 38 heavy (non-hydrogen) atoms. The number of pyridine rings is 1. The fourth-order valence-electron chi connectivity index (χ4n) is 6.12. The number of ether oxygens (including phenoxy) is 1. The van der Waals surface area contributed by atoms with Gasteiger partial charge in [0.2, 0.25) is 5.95 Å². The molecule has 0 bridgehead atoms. The van der Waals surface area contributed by atoms with E-state index in [1.807, 2.05) is 22.8 Å². The summed E-state index contributed by atoms with van der Waals surface area (Å²) in [6.07, 6.45) is 2.37. The Morgan fingerprint density at radius 3 is 2.58 bits per heavy atom. The minimum Gasteiger partial charge on any atom is -0.493 e. The SMILES string of the molecule is COc1cc(F)cnc1N1CC2(C1)CN(c1nnc3n1-c1ccc(Cl)cc1CN(CC(F)(F)C1CC1)C3)C2. The van der Waals surface area contributed by atoms with Crippen molar-refractivity contribution in [1.29, 1.82) is 0 Å². The Morgan fingerprint density at radius 2 is 1.84 bits per heavy atom. The molecule has 12 heteroatoms. The van der Waals surface area contributed by atoms with Gasteiger partial charge in [-0.15, -0.1) is 10.2 Å². The van der Waals surface area contributed by atoms with Crippen LogP contribution in [0, 0.1) is 17.2 Å². The lowest BCUT2D eigenvalue weighted by atomic mass is 9.73. The summed E-state index contributed by atoms with van der Waals surface area (Å²) in [5.41, 5.74) is 1.82. The van der Waals surface area contributed by atoms with Crippen LogP contribution < -0.4 is 14.5 Å². The first-order chi connectivity index (χ1) is 18.2. The lowest BCUT2D eigenvalue weighted by Gasteiger charge is -2.60. The van der Waals surface area contributed by atoms with Crippen LogP contribution in [-0.2, 0) is 13.1 Å². The highest BCUT2D eigenvalue weighted by Gasteiger charge is 2.54. The van der Waals surface area contributed by atoms with Crippen molar-refractivity contribution in [2.45, 2.75) is 31.9 Å². The van der Waals surface area contributed by atoms with Crippen LogP contribution in [-0.4, -0.2) is 70.4 Å². The van der Waals surface area contributed by atoms with Crippen molar-refractivity contribution in [3.05, 3.63) is 52.7 Å². The molecule has 0 atom stereocenters. The van der Waals surface area contributed by atoms with Crippen LogP contribution in [0.2, 0.25) is 5.02 Å². The van der Waals surface area contributed by atoms with E-state index in [9.17, 15) is 13.2 Å². The highest BCUT2D eigenvalue weighted by atomic mass is 35.5. The Bertz CT molecular complexity index is 1400. The van der Waals surface area contributed by atoms with E-state index in [1.165, 1.54) is 19.4 Å². The molecule has 200 valence electrons. The normalized spacial score (nSPS) is 20.4. The maximum absolute atomic E-state index is 14.8. The number of rotatable bonds is 6. The molecule has 0 unspecified atom stereocenters. The lowest BCUT2D eigenvalue weighted by Crippen LogP contribution is -2.73. The zero-order valence-corrected chi connectivity index (χ0v) is 21.6. The molecule has 7 rings (SSSR count). The number of benzene rings is 1. The molecular weight excluding hydrogens is 519 g/mol. The second-order valence-corrected chi connectivity index (χ2v) is 11.5. The number of hydrogen-bond acceptors (Lipinski definition) is 7. The van der Waals surface area contributed by atoms with Gasteiger partial charge in [0.1, 0.15) is 5.82 Å². The molecule has 0 radical (unpaired) electrons. The Labute approximate surface area is 223 Å². The summed E-state index contributed by atoms with van der Waals surface area (Å²) in [6, 6.07) is 6.93. The second kappa shape index (κ2) is 8.47. The minimum atomic E-state index is -2.72. The number of aromatic nitrogens is 4. The van der Waals surface area contributed by atoms with E-state index < -0.39 is 17.7 Å². The smallest absolute Gasteiger partial charge is 0.263 e. The standard InChI is InChI=1S/C26H27ClF3N7O/c1-38-21-7-19(28)8-31-23(21)35-11-25(12-35)13-36(14-25)24-33-32-22-10-34(15-26(29,30)17-2-3-17)9-16-6-18(27)4-5-20(16)37(22)24/h4-8,17H,2-3,9-15H2,1H3. The highest BCUT2D eigenvalue weighted by molar-refractivity contribution is 6.30. The van der Waals surface area contributed by atoms with E-state index in [2.05, 4.69) is 25.0 Å². The maximum Gasteiger partial charge on any atom is 0.263 e. The summed E-state index contributed by atoms with van der Waals surface area (Å²) in [5, 5.41) is 9.52. The molecule has 3 fully saturated rings. The van der Waals surface area contributed by atoms with Crippen molar-refractivity contribution < 1.29 is 17.9 Å². The first-order valence-corrected chi connectivity index (χ1v) is 13.1. The highest BCUT2D eigenvalue weighted by Crippen LogP contribution is 2.46. The van der Waals surface area contributed by atoms with Crippen molar-refractivity contribution in [2.24, 2.45) is 11.3 Å². The molecule has 3 aliphatic heterocycles. The first-order valence-electron chi connectivity index (χ1n) is 12.8. The number of alkyl halides is 2. The van der Waals surface area contributed by atoms with Gasteiger partial charge in [-0.3, -0.25) is 9.47 Å². The molecule has 3 aromatic rings. The Kier molecular flexibility index (Phi) is 5.36. The van der Waals surface area contributed by atoms with Crippen molar-refractivity contribution >= 4 is 23.4 Å². The van der Waals surface area contributed by atoms with Gasteiger partial charge in [0.05, 0.1) is 32.1 Å². The molecule has 0 amide bonds. The second-order valence-electron chi connectivity index (χ2n) is 11.1. The van der Waals surface area contributed by atoms with Crippen LogP contribution in [0.5, 0.6) is 5.75 Å². The lowest BCUT2D eigenvalue weighted by molar-refractivity contribution is -0.0558. The van der Waals surface area contributed by atoms with Crippen LogP contribution in [0.25, 0.3) is 5.69 Å². The third-order valence-electron chi connectivity index (χ3n) is 8.07. The molecule has 1 aromatic carbocycles. The van der Waals surface area contributed by atoms with E-state index in [1.54, 1.807) is 4.90 Å². The number of nitrogens with zero attached hydrogens (tertiary/aromatic N) is 7. The molecule has 2 saturated heterocycles. The van der Waals surface area contributed by atoms with E-state index in [0.717, 1.165) is 37.4 Å². The number of fused-ring (bicyclic) bond motifs is 3. The van der Waals surface area contributed by atoms with Gasteiger partial charge >= 0.3 is 0 Å². The van der Waals surface area contributed by atoms with E-state index >= 15 is 0 Å². The minimum absolute atomic E-state index is 0.0688. The Hall–Kier alpha value is -3.05.